The van der Waals surface area contributed by atoms with Crippen molar-refractivity contribution in [1.82, 2.24) is 0 Å². The van der Waals surface area contributed by atoms with Gasteiger partial charge in [0, 0.05) is 12.0 Å². The van der Waals surface area contributed by atoms with Crippen LogP contribution < -0.4 is 4.74 Å². The average Bonchev–Trinajstić information content (AvgIpc) is 2.48. The van der Waals surface area contributed by atoms with Crippen molar-refractivity contribution >= 4 is 5.97 Å². The number of aliphatic carboxylic acids is 1. The van der Waals surface area contributed by atoms with Gasteiger partial charge in [-0.3, -0.25) is 0 Å². The molecule has 0 fully saturated rings. The van der Waals surface area contributed by atoms with Crippen LogP contribution in [0.3, 0.4) is 0 Å². The van der Waals surface area contributed by atoms with Crippen molar-refractivity contribution in [3.63, 3.8) is 0 Å². The Morgan fingerprint density at radius 1 is 1.22 bits per heavy atom. The zero-order chi connectivity index (χ0) is 17.3. The number of ether oxygens (including phenoxy) is 3. The molecule has 23 heavy (non-hydrogen) atoms. The van der Waals surface area contributed by atoms with Crippen LogP contribution in [0.2, 0.25) is 0 Å². The molecule has 0 aliphatic rings. The van der Waals surface area contributed by atoms with Crippen LogP contribution in [0.15, 0.2) is 42.5 Å². The Balaban J connectivity index is 2.48. The first-order valence-electron chi connectivity index (χ1n) is 7.62. The van der Waals surface area contributed by atoms with Crippen LogP contribution >= 0.6 is 0 Å². The predicted octanol–water partition coefficient (Wildman–Crippen LogP) is 3.30. The van der Waals surface area contributed by atoms with E-state index in [2.05, 4.69) is 6.58 Å². The number of para-hydroxylation sites is 1. The Morgan fingerprint density at radius 3 is 2.43 bits per heavy atom. The highest BCUT2D eigenvalue weighted by molar-refractivity contribution is 5.85. The Labute approximate surface area is 137 Å². The van der Waals surface area contributed by atoms with Crippen molar-refractivity contribution in [3.05, 3.63) is 42.5 Å². The van der Waals surface area contributed by atoms with Gasteiger partial charge in [-0.25, -0.2) is 4.79 Å². The van der Waals surface area contributed by atoms with Gasteiger partial charge in [-0.1, -0.05) is 24.8 Å². The van der Waals surface area contributed by atoms with Crippen LogP contribution in [0.25, 0.3) is 0 Å². The molecule has 0 spiro atoms. The van der Waals surface area contributed by atoms with Gasteiger partial charge in [0.05, 0.1) is 24.9 Å². The number of carboxylic acid groups (broad SMARTS) is 1. The van der Waals surface area contributed by atoms with E-state index in [9.17, 15) is 4.79 Å². The molecule has 0 saturated carbocycles. The van der Waals surface area contributed by atoms with Gasteiger partial charge in [0.25, 0.3) is 0 Å². The number of benzene rings is 1. The topological polar surface area (TPSA) is 65.0 Å². The summed E-state index contributed by atoms with van der Waals surface area (Å²) in [5.41, 5.74) is -0.132. The summed E-state index contributed by atoms with van der Waals surface area (Å²) in [6, 6.07) is 9.33. The Hall–Kier alpha value is -1.85. The summed E-state index contributed by atoms with van der Waals surface area (Å²) in [4.78, 5) is 10.9. The van der Waals surface area contributed by atoms with Crippen LogP contribution in [0, 0.1) is 0 Å². The van der Waals surface area contributed by atoms with Gasteiger partial charge in [0.15, 0.2) is 0 Å². The SMILES string of the molecule is C=C(CC(COc1ccccc1)OCCOC(C)(C)C)C(=O)O. The van der Waals surface area contributed by atoms with Crippen molar-refractivity contribution < 1.29 is 24.1 Å². The second-order valence-electron chi connectivity index (χ2n) is 6.19. The quantitative estimate of drug-likeness (QED) is 0.529. The van der Waals surface area contributed by atoms with Gasteiger partial charge in [-0.05, 0) is 32.9 Å². The molecule has 1 unspecified atom stereocenters. The summed E-state index contributed by atoms with van der Waals surface area (Å²) in [5, 5.41) is 8.97. The van der Waals surface area contributed by atoms with E-state index in [1.54, 1.807) is 0 Å². The number of carbonyl (C=O) groups is 1. The molecule has 0 aliphatic heterocycles. The normalized spacial score (nSPS) is 12.7. The van der Waals surface area contributed by atoms with E-state index in [-0.39, 0.29) is 30.3 Å². The molecule has 0 heterocycles. The zero-order valence-corrected chi connectivity index (χ0v) is 14.1. The third kappa shape index (κ3) is 9.01. The highest BCUT2D eigenvalue weighted by Gasteiger charge is 2.17. The summed E-state index contributed by atoms with van der Waals surface area (Å²) in [7, 11) is 0. The smallest absolute Gasteiger partial charge is 0.331 e. The average molecular weight is 322 g/mol. The van der Waals surface area contributed by atoms with E-state index in [1.807, 2.05) is 51.1 Å². The summed E-state index contributed by atoms with van der Waals surface area (Å²) in [6.07, 6.45) is -0.181. The summed E-state index contributed by atoms with van der Waals surface area (Å²) in [5.74, 6) is -0.308. The molecule has 128 valence electrons. The molecular weight excluding hydrogens is 296 g/mol. The van der Waals surface area contributed by atoms with Gasteiger partial charge in [-0.15, -0.1) is 0 Å². The molecule has 0 bridgehead atoms. The van der Waals surface area contributed by atoms with Gasteiger partial charge in [0.2, 0.25) is 0 Å². The van der Waals surface area contributed by atoms with Gasteiger partial charge < -0.3 is 19.3 Å². The summed E-state index contributed by atoms with van der Waals surface area (Å²) < 4.78 is 16.9. The molecule has 1 aromatic rings. The first kappa shape index (κ1) is 19.2. The minimum absolute atomic E-state index is 0.100. The number of carboxylic acids is 1. The lowest BCUT2D eigenvalue weighted by Gasteiger charge is -2.22. The number of hydrogen-bond donors (Lipinski definition) is 1. The maximum absolute atomic E-state index is 10.9. The first-order valence-corrected chi connectivity index (χ1v) is 7.62. The van der Waals surface area contributed by atoms with Gasteiger partial charge in [-0.2, -0.15) is 0 Å². The highest BCUT2D eigenvalue weighted by atomic mass is 16.6. The lowest BCUT2D eigenvalue weighted by Crippen LogP contribution is -2.27. The van der Waals surface area contributed by atoms with Crippen LogP contribution in [-0.4, -0.2) is 42.6 Å². The minimum Gasteiger partial charge on any atom is -0.491 e. The fourth-order valence-corrected chi connectivity index (χ4v) is 1.80. The fourth-order valence-electron chi connectivity index (χ4n) is 1.80. The third-order valence-corrected chi connectivity index (χ3v) is 2.93. The second kappa shape index (κ2) is 9.33. The van der Waals surface area contributed by atoms with E-state index in [0.29, 0.717) is 19.0 Å². The molecule has 0 aliphatic carbocycles. The zero-order valence-electron chi connectivity index (χ0n) is 14.1. The second-order valence-corrected chi connectivity index (χ2v) is 6.19. The van der Waals surface area contributed by atoms with Gasteiger partial charge in [0.1, 0.15) is 12.4 Å². The Bertz CT molecular complexity index is 490. The molecule has 0 saturated heterocycles. The Kier molecular flexibility index (Phi) is 7.78. The standard InChI is InChI=1S/C18H26O5/c1-14(17(19)20)12-16(21-10-11-23-18(2,3)4)13-22-15-8-6-5-7-9-15/h5-9,16H,1,10-13H2,2-4H3,(H,19,20). The monoisotopic (exact) mass is 322 g/mol. The highest BCUT2D eigenvalue weighted by Crippen LogP contribution is 2.13. The summed E-state index contributed by atoms with van der Waals surface area (Å²) in [6.45, 7) is 10.5. The molecule has 0 aromatic heterocycles. The van der Waals surface area contributed by atoms with E-state index >= 15 is 0 Å². The molecule has 0 radical (unpaired) electrons. The van der Waals surface area contributed by atoms with Crippen molar-refractivity contribution in [1.29, 1.82) is 0 Å². The third-order valence-electron chi connectivity index (χ3n) is 2.93. The molecular formula is C18H26O5. The molecule has 0 amide bonds. The molecule has 1 aromatic carbocycles. The van der Waals surface area contributed by atoms with Crippen molar-refractivity contribution in [2.45, 2.75) is 38.9 Å². The van der Waals surface area contributed by atoms with E-state index in [4.69, 9.17) is 19.3 Å². The van der Waals surface area contributed by atoms with Crippen molar-refractivity contribution in [2.24, 2.45) is 0 Å². The molecule has 5 nitrogen and oxygen atoms in total. The maximum Gasteiger partial charge on any atom is 0.331 e. The molecule has 1 rings (SSSR count). The van der Waals surface area contributed by atoms with E-state index in [1.165, 1.54) is 0 Å². The van der Waals surface area contributed by atoms with Crippen LogP contribution in [-0.2, 0) is 14.3 Å². The van der Waals surface area contributed by atoms with Crippen LogP contribution in [0.4, 0.5) is 0 Å². The van der Waals surface area contributed by atoms with Gasteiger partial charge >= 0.3 is 5.97 Å². The fraction of sp³-hybridized carbons (Fsp3) is 0.500. The molecule has 1 N–H and O–H groups in total. The van der Waals surface area contributed by atoms with Crippen molar-refractivity contribution in [2.75, 3.05) is 19.8 Å². The number of hydrogen-bond acceptors (Lipinski definition) is 4. The molecule has 5 heteroatoms. The minimum atomic E-state index is -1.02. The van der Waals surface area contributed by atoms with Crippen LogP contribution in [0.1, 0.15) is 27.2 Å². The largest absolute Gasteiger partial charge is 0.491 e. The first-order chi connectivity index (χ1) is 10.8. The Morgan fingerprint density at radius 2 is 1.87 bits per heavy atom. The lowest BCUT2D eigenvalue weighted by atomic mass is 10.1. The van der Waals surface area contributed by atoms with E-state index < -0.39 is 5.97 Å². The summed E-state index contributed by atoms with van der Waals surface area (Å²) >= 11 is 0. The van der Waals surface area contributed by atoms with E-state index in [0.717, 1.165) is 0 Å². The predicted molar refractivity (Wildman–Crippen MR) is 88.8 cm³/mol. The molecule has 1 atom stereocenters. The van der Waals surface area contributed by atoms with Crippen LogP contribution in [0.5, 0.6) is 5.75 Å². The number of rotatable bonds is 10. The van der Waals surface area contributed by atoms with Crippen molar-refractivity contribution in [3.8, 4) is 5.75 Å². The lowest BCUT2D eigenvalue weighted by molar-refractivity contribution is -0.133. The maximum atomic E-state index is 10.9.